The van der Waals surface area contributed by atoms with Crippen molar-refractivity contribution in [3.05, 3.63) is 46.3 Å². The van der Waals surface area contributed by atoms with Gasteiger partial charge in [0.15, 0.2) is 4.67 Å². The SMILES string of the molecule is CN(Cc1ccc(Br)o1)S(=O)(=O)c1cc(N)c(F)cc1F. The minimum absolute atomic E-state index is 0.106. The summed E-state index contributed by atoms with van der Waals surface area (Å²) in [5, 5.41) is 0. The van der Waals surface area contributed by atoms with E-state index >= 15 is 0 Å². The van der Waals surface area contributed by atoms with E-state index < -0.39 is 32.2 Å². The molecule has 0 fully saturated rings. The van der Waals surface area contributed by atoms with Gasteiger partial charge in [-0.2, -0.15) is 4.31 Å². The first-order valence-corrected chi connectivity index (χ1v) is 7.90. The van der Waals surface area contributed by atoms with Gasteiger partial charge in [-0.25, -0.2) is 17.2 Å². The molecule has 0 aliphatic carbocycles. The van der Waals surface area contributed by atoms with Crippen LogP contribution in [0.2, 0.25) is 0 Å². The molecule has 9 heteroatoms. The Morgan fingerprint density at radius 2 is 1.95 bits per heavy atom. The summed E-state index contributed by atoms with van der Waals surface area (Å²) < 4.78 is 57.9. The first kappa shape index (κ1) is 15.9. The van der Waals surface area contributed by atoms with Crippen molar-refractivity contribution in [1.82, 2.24) is 4.31 Å². The number of halogens is 3. The molecule has 0 aliphatic rings. The molecule has 0 saturated heterocycles. The van der Waals surface area contributed by atoms with Gasteiger partial charge in [0.1, 0.15) is 22.3 Å². The summed E-state index contributed by atoms with van der Waals surface area (Å²) in [7, 11) is -2.91. The second-order valence-corrected chi connectivity index (χ2v) is 7.07. The molecule has 0 aliphatic heterocycles. The highest BCUT2D eigenvalue weighted by Crippen LogP contribution is 2.25. The fraction of sp³-hybridized carbons (Fsp3) is 0.167. The molecule has 114 valence electrons. The van der Waals surface area contributed by atoms with Crippen molar-refractivity contribution in [2.24, 2.45) is 0 Å². The Balaban J connectivity index is 2.35. The lowest BCUT2D eigenvalue weighted by Gasteiger charge is -2.16. The molecule has 0 amide bonds. The van der Waals surface area contributed by atoms with E-state index in [1.54, 1.807) is 12.1 Å². The van der Waals surface area contributed by atoms with E-state index in [1.165, 1.54) is 7.05 Å². The Morgan fingerprint density at radius 3 is 2.52 bits per heavy atom. The second kappa shape index (κ2) is 5.74. The van der Waals surface area contributed by atoms with E-state index in [0.29, 0.717) is 16.5 Å². The third-order valence-electron chi connectivity index (χ3n) is 2.75. The minimum atomic E-state index is -4.16. The number of nitrogens with two attached hydrogens (primary N) is 1. The monoisotopic (exact) mass is 380 g/mol. The van der Waals surface area contributed by atoms with Crippen molar-refractivity contribution < 1.29 is 21.6 Å². The molecular formula is C12H11BrF2N2O3S. The van der Waals surface area contributed by atoms with Gasteiger partial charge in [0, 0.05) is 13.1 Å². The van der Waals surface area contributed by atoms with Gasteiger partial charge in [-0.3, -0.25) is 0 Å². The number of hydrogen-bond donors (Lipinski definition) is 1. The minimum Gasteiger partial charge on any atom is -0.453 e. The number of furan rings is 1. The van der Waals surface area contributed by atoms with E-state index in [9.17, 15) is 17.2 Å². The summed E-state index contributed by atoms with van der Waals surface area (Å²) in [4.78, 5) is -0.686. The third kappa shape index (κ3) is 3.25. The smallest absolute Gasteiger partial charge is 0.246 e. The van der Waals surface area contributed by atoms with Crippen LogP contribution in [0.1, 0.15) is 5.76 Å². The quantitative estimate of drug-likeness (QED) is 0.827. The first-order valence-electron chi connectivity index (χ1n) is 5.67. The van der Waals surface area contributed by atoms with Crippen molar-refractivity contribution in [3.8, 4) is 0 Å². The Morgan fingerprint density at radius 1 is 1.29 bits per heavy atom. The van der Waals surface area contributed by atoms with Crippen LogP contribution in [0.3, 0.4) is 0 Å². The van der Waals surface area contributed by atoms with Crippen LogP contribution in [0, 0.1) is 11.6 Å². The average Bonchev–Trinajstić information content (AvgIpc) is 2.79. The molecule has 2 N–H and O–H groups in total. The molecule has 1 aromatic heterocycles. The standard InChI is InChI=1S/C12H11BrF2N2O3S/c1-17(6-7-2-3-12(13)20-7)21(18,19)11-5-10(16)8(14)4-9(11)15/h2-5H,6,16H2,1H3. The molecule has 1 heterocycles. The van der Waals surface area contributed by atoms with Crippen LogP contribution in [0.15, 0.2) is 38.2 Å². The van der Waals surface area contributed by atoms with E-state index in [0.717, 1.165) is 10.4 Å². The van der Waals surface area contributed by atoms with E-state index in [1.807, 2.05) is 0 Å². The number of nitrogen functional groups attached to an aromatic ring is 1. The topological polar surface area (TPSA) is 76.5 Å². The van der Waals surface area contributed by atoms with Crippen molar-refractivity contribution in [3.63, 3.8) is 0 Å². The molecule has 21 heavy (non-hydrogen) atoms. The Hall–Kier alpha value is -1.45. The average molecular weight is 381 g/mol. The van der Waals surface area contributed by atoms with Gasteiger partial charge in [-0.1, -0.05) is 0 Å². The van der Waals surface area contributed by atoms with Crippen molar-refractivity contribution >= 4 is 31.6 Å². The highest BCUT2D eigenvalue weighted by Gasteiger charge is 2.26. The van der Waals surface area contributed by atoms with Crippen LogP contribution >= 0.6 is 15.9 Å². The molecule has 2 aromatic rings. The maximum Gasteiger partial charge on any atom is 0.246 e. The van der Waals surface area contributed by atoms with E-state index in [-0.39, 0.29) is 6.54 Å². The lowest BCUT2D eigenvalue weighted by Crippen LogP contribution is -2.27. The Bertz CT molecular complexity index is 777. The lowest BCUT2D eigenvalue weighted by molar-refractivity contribution is 0.396. The molecule has 0 spiro atoms. The summed E-state index contributed by atoms with van der Waals surface area (Å²) in [6.45, 7) is -0.106. The predicted molar refractivity (Wildman–Crippen MR) is 75.8 cm³/mol. The number of hydrogen-bond acceptors (Lipinski definition) is 4. The van der Waals surface area contributed by atoms with Gasteiger partial charge >= 0.3 is 0 Å². The molecule has 0 saturated carbocycles. The molecule has 0 radical (unpaired) electrons. The highest BCUT2D eigenvalue weighted by molar-refractivity contribution is 9.10. The molecule has 2 rings (SSSR count). The molecule has 0 bridgehead atoms. The largest absolute Gasteiger partial charge is 0.453 e. The van der Waals surface area contributed by atoms with Crippen LogP contribution in [0.25, 0.3) is 0 Å². The van der Waals surface area contributed by atoms with Gasteiger partial charge in [0.25, 0.3) is 0 Å². The maximum atomic E-state index is 13.7. The van der Waals surface area contributed by atoms with Crippen LogP contribution < -0.4 is 5.73 Å². The zero-order valence-corrected chi connectivity index (χ0v) is 13.2. The Kier molecular flexibility index (Phi) is 4.35. The molecule has 0 unspecified atom stereocenters. The molecule has 5 nitrogen and oxygen atoms in total. The van der Waals surface area contributed by atoms with Crippen molar-refractivity contribution in [2.75, 3.05) is 12.8 Å². The fourth-order valence-electron chi connectivity index (χ4n) is 1.65. The molecule has 0 atom stereocenters. The van der Waals surface area contributed by atoms with Crippen molar-refractivity contribution in [1.29, 1.82) is 0 Å². The fourth-order valence-corrected chi connectivity index (χ4v) is 3.21. The maximum absolute atomic E-state index is 13.7. The lowest BCUT2D eigenvalue weighted by atomic mass is 10.3. The number of sulfonamides is 1. The normalized spacial score (nSPS) is 12.0. The number of anilines is 1. The number of benzene rings is 1. The summed E-state index contributed by atoms with van der Waals surface area (Å²) in [5.74, 6) is -1.85. The van der Waals surface area contributed by atoms with Gasteiger partial charge in [0.05, 0.1) is 12.2 Å². The number of nitrogens with zero attached hydrogens (tertiary/aromatic N) is 1. The summed E-state index contributed by atoms with van der Waals surface area (Å²) >= 11 is 3.09. The van der Waals surface area contributed by atoms with E-state index in [4.69, 9.17) is 10.2 Å². The third-order valence-corrected chi connectivity index (χ3v) is 4.99. The molecular weight excluding hydrogens is 370 g/mol. The first-order chi connectivity index (χ1) is 9.71. The van der Waals surface area contributed by atoms with Crippen LogP contribution in [-0.4, -0.2) is 19.8 Å². The van der Waals surface area contributed by atoms with Gasteiger partial charge in [0.2, 0.25) is 10.0 Å². The zero-order valence-electron chi connectivity index (χ0n) is 10.8. The second-order valence-electron chi connectivity index (χ2n) is 4.27. The van der Waals surface area contributed by atoms with Gasteiger partial charge in [-0.15, -0.1) is 0 Å². The van der Waals surface area contributed by atoms with Crippen molar-refractivity contribution in [2.45, 2.75) is 11.4 Å². The van der Waals surface area contributed by atoms with Crippen LogP contribution in [0.4, 0.5) is 14.5 Å². The highest BCUT2D eigenvalue weighted by atomic mass is 79.9. The summed E-state index contributed by atoms with van der Waals surface area (Å²) in [5.41, 5.74) is 4.85. The number of rotatable bonds is 4. The Labute approximate surface area is 128 Å². The van der Waals surface area contributed by atoms with Gasteiger partial charge in [-0.05, 0) is 34.1 Å². The predicted octanol–water partition coefficient (Wildman–Crippen LogP) is 2.72. The molecule has 1 aromatic carbocycles. The summed E-state index contributed by atoms with van der Waals surface area (Å²) in [6.07, 6.45) is 0. The van der Waals surface area contributed by atoms with Crippen LogP contribution in [-0.2, 0) is 16.6 Å². The van der Waals surface area contributed by atoms with E-state index in [2.05, 4.69) is 15.9 Å². The van der Waals surface area contributed by atoms with Gasteiger partial charge < -0.3 is 10.2 Å². The summed E-state index contributed by atoms with van der Waals surface area (Å²) in [6, 6.07) is 4.38. The zero-order chi connectivity index (χ0) is 15.8. The van der Waals surface area contributed by atoms with Crippen LogP contribution in [0.5, 0.6) is 0 Å².